The predicted molar refractivity (Wildman–Crippen MR) is 141 cm³/mol. The van der Waals surface area contributed by atoms with Gasteiger partial charge in [-0.3, -0.25) is 9.59 Å². The van der Waals surface area contributed by atoms with E-state index in [0.29, 0.717) is 16.8 Å². The Labute approximate surface area is 217 Å². The molecule has 0 aliphatic carbocycles. The lowest BCUT2D eigenvalue weighted by Crippen LogP contribution is -2.41. The van der Waals surface area contributed by atoms with E-state index in [4.69, 9.17) is 0 Å². The number of amides is 1. The summed E-state index contributed by atoms with van der Waals surface area (Å²) in [6.45, 7) is 2.01. The van der Waals surface area contributed by atoms with E-state index in [2.05, 4.69) is 5.32 Å². The summed E-state index contributed by atoms with van der Waals surface area (Å²) in [6, 6.07) is 19.6. The Balaban J connectivity index is 1.48. The smallest absolute Gasteiger partial charge is 0.244 e. The Bertz CT molecular complexity index is 1540. The van der Waals surface area contributed by atoms with Gasteiger partial charge in [0.05, 0.1) is 10.6 Å². The number of sulfone groups is 1. The van der Waals surface area contributed by atoms with Crippen LogP contribution in [0.2, 0.25) is 0 Å². The van der Waals surface area contributed by atoms with Crippen molar-refractivity contribution in [1.82, 2.24) is 4.31 Å². The molecule has 0 radical (unpaired) electrons. The SMILES string of the molecule is Cc1ccc(NC(=O)C2CCN(S(=O)(=O)c3ccccc3S(C)(=O)=O)CC2)c(C(=O)c2ccccc2)c1. The Hall–Kier alpha value is -3.34. The first kappa shape index (κ1) is 26.7. The van der Waals surface area contributed by atoms with Gasteiger partial charge in [-0.15, -0.1) is 0 Å². The third-order valence-electron chi connectivity index (χ3n) is 6.40. The van der Waals surface area contributed by atoms with Gasteiger partial charge in [-0.2, -0.15) is 4.31 Å². The summed E-state index contributed by atoms with van der Waals surface area (Å²) in [7, 11) is -7.81. The molecule has 194 valence electrons. The number of nitrogens with zero attached hydrogens (tertiary/aromatic N) is 1. The third-order valence-corrected chi connectivity index (χ3v) is 9.65. The van der Waals surface area contributed by atoms with Gasteiger partial charge in [0.1, 0.15) is 4.90 Å². The van der Waals surface area contributed by atoms with E-state index in [0.717, 1.165) is 11.8 Å². The summed E-state index contributed by atoms with van der Waals surface area (Å²) in [6.07, 6.45) is 1.50. The molecule has 1 heterocycles. The molecule has 1 aliphatic rings. The molecule has 3 aromatic rings. The van der Waals surface area contributed by atoms with Crippen LogP contribution in [0.1, 0.15) is 34.3 Å². The van der Waals surface area contributed by atoms with E-state index < -0.39 is 25.8 Å². The average molecular weight is 541 g/mol. The normalized spacial score (nSPS) is 15.3. The standard InChI is InChI=1S/C27H28N2O6S2/c1-19-12-13-23(22(18-19)26(30)20-8-4-3-5-9-20)28-27(31)21-14-16-29(17-15-21)37(34,35)25-11-7-6-10-24(25)36(2,32)33/h3-13,18,21H,14-17H2,1-2H3,(H,28,31). The fourth-order valence-electron chi connectivity index (χ4n) is 4.40. The topological polar surface area (TPSA) is 118 Å². The first-order chi connectivity index (χ1) is 17.5. The minimum absolute atomic E-state index is 0.0716. The summed E-state index contributed by atoms with van der Waals surface area (Å²) < 4.78 is 51.9. The fourth-order valence-corrected chi connectivity index (χ4v) is 7.47. The second kappa shape index (κ2) is 10.6. The van der Waals surface area contributed by atoms with Crippen molar-refractivity contribution < 1.29 is 26.4 Å². The van der Waals surface area contributed by atoms with Crippen molar-refractivity contribution >= 4 is 37.2 Å². The molecule has 3 aromatic carbocycles. The van der Waals surface area contributed by atoms with Gasteiger partial charge in [0, 0.05) is 36.4 Å². The van der Waals surface area contributed by atoms with E-state index in [1.165, 1.54) is 28.6 Å². The highest BCUT2D eigenvalue weighted by Gasteiger charge is 2.34. The van der Waals surface area contributed by atoms with Gasteiger partial charge in [0.2, 0.25) is 15.9 Å². The zero-order valence-corrected chi connectivity index (χ0v) is 22.2. The van der Waals surface area contributed by atoms with Crippen LogP contribution in [0, 0.1) is 12.8 Å². The number of hydrogen-bond donors (Lipinski definition) is 1. The van der Waals surface area contributed by atoms with E-state index in [1.54, 1.807) is 36.4 Å². The highest BCUT2D eigenvalue weighted by atomic mass is 32.2. The van der Waals surface area contributed by atoms with Crippen LogP contribution < -0.4 is 5.32 Å². The highest BCUT2D eigenvalue weighted by Crippen LogP contribution is 2.29. The number of anilines is 1. The molecule has 4 rings (SSSR count). The van der Waals surface area contributed by atoms with Gasteiger partial charge in [-0.1, -0.05) is 54.1 Å². The minimum Gasteiger partial charge on any atom is -0.325 e. The predicted octanol–water partition coefficient (Wildman–Crippen LogP) is 3.67. The minimum atomic E-state index is -4.06. The molecule has 0 aromatic heterocycles. The molecule has 10 heteroatoms. The lowest BCUT2D eigenvalue weighted by Gasteiger charge is -2.31. The molecular formula is C27H28N2O6S2. The van der Waals surface area contributed by atoms with Crippen LogP contribution in [0.25, 0.3) is 0 Å². The summed E-state index contributed by atoms with van der Waals surface area (Å²) >= 11 is 0. The average Bonchev–Trinajstić information content (AvgIpc) is 2.89. The van der Waals surface area contributed by atoms with Gasteiger partial charge >= 0.3 is 0 Å². The van der Waals surface area contributed by atoms with Gasteiger partial charge < -0.3 is 5.32 Å². The number of hydrogen-bond acceptors (Lipinski definition) is 6. The van der Waals surface area contributed by atoms with Crippen molar-refractivity contribution in [3.8, 4) is 0 Å². The highest BCUT2D eigenvalue weighted by molar-refractivity contribution is 7.93. The van der Waals surface area contributed by atoms with Crippen molar-refractivity contribution in [1.29, 1.82) is 0 Å². The quantitative estimate of drug-likeness (QED) is 0.457. The largest absolute Gasteiger partial charge is 0.325 e. The number of rotatable bonds is 7. The fraction of sp³-hybridized carbons (Fsp3) is 0.259. The monoisotopic (exact) mass is 540 g/mol. The summed E-state index contributed by atoms with van der Waals surface area (Å²) in [5, 5.41) is 2.87. The van der Waals surface area contributed by atoms with Gasteiger partial charge in [-0.25, -0.2) is 16.8 Å². The second-order valence-corrected chi connectivity index (χ2v) is 13.0. The van der Waals surface area contributed by atoms with Crippen LogP contribution in [0.3, 0.4) is 0 Å². The van der Waals surface area contributed by atoms with Crippen LogP contribution in [0.15, 0.2) is 82.6 Å². The van der Waals surface area contributed by atoms with Crippen molar-refractivity contribution in [3.63, 3.8) is 0 Å². The molecule has 0 bridgehead atoms. The van der Waals surface area contributed by atoms with Crippen LogP contribution >= 0.6 is 0 Å². The number of ketones is 1. The summed E-state index contributed by atoms with van der Waals surface area (Å²) in [5.41, 5.74) is 2.18. The molecule has 1 saturated heterocycles. The van der Waals surface area contributed by atoms with Gasteiger partial charge in [0.15, 0.2) is 15.6 Å². The third kappa shape index (κ3) is 5.82. The summed E-state index contributed by atoms with van der Waals surface area (Å²) in [5.74, 6) is -0.956. The number of benzene rings is 3. The number of sulfonamides is 1. The van der Waals surface area contributed by atoms with Crippen LogP contribution in [-0.2, 0) is 24.7 Å². The molecule has 0 saturated carbocycles. The number of nitrogens with one attached hydrogen (secondary N) is 1. The Kier molecular flexibility index (Phi) is 7.63. The van der Waals surface area contributed by atoms with E-state index >= 15 is 0 Å². The van der Waals surface area contributed by atoms with Crippen molar-refractivity contribution in [2.45, 2.75) is 29.6 Å². The molecule has 1 fully saturated rings. The summed E-state index contributed by atoms with van der Waals surface area (Å²) in [4.78, 5) is 25.7. The molecule has 8 nitrogen and oxygen atoms in total. The van der Waals surface area contributed by atoms with Crippen LogP contribution in [0.4, 0.5) is 5.69 Å². The lowest BCUT2D eigenvalue weighted by atomic mass is 9.96. The van der Waals surface area contributed by atoms with Crippen molar-refractivity contribution in [2.75, 3.05) is 24.7 Å². The number of piperidine rings is 1. The first-order valence-corrected chi connectivity index (χ1v) is 15.1. The maximum absolute atomic E-state index is 13.2. The van der Waals surface area contributed by atoms with Gasteiger partial charge in [-0.05, 0) is 44.0 Å². The van der Waals surface area contributed by atoms with Crippen LogP contribution in [-0.4, -0.2) is 52.2 Å². The Morgan fingerprint density at radius 3 is 2.05 bits per heavy atom. The number of aryl methyl sites for hydroxylation is 1. The van der Waals surface area contributed by atoms with Crippen molar-refractivity contribution in [2.24, 2.45) is 5.92 Å². The molecule has 37 heavy (non-hydrogen) atoms. The lowest BCUT2D eigenvalue weighted by molar-refractivity contribution is -0.120. The maximum atomic E-state index is 13.2. The van der Waals surface area contributed by atoms with Crippen LogP contribution in [0.5, 0.6) is 0 Å². The van der Waals surface area contributed by atoms with Crippen molar-refractivity contribution in [3.05, 3.63) is 89.5 Å². The number of carbonyl (C=O) groups is 2. The van der Waals surface area contributed by atoms with E-state index in [9.17, 15) is 26.4 Å². The Morgan fingerprint density at radius 2 is 1.43 bits per heavy atom. The molecule has 1 N–H and O–H groups in total. The zero-order chi connectivity index (χ0) is 26.8. The Morgan fingerprint density at radius 1 is 0.838 bits per heavy atom. The second-order valence-electron chi connectivity index (χ2n) is 9.13. The molecular weight excluding hydrogens is 512 g/mol. The molecule has 0 unspecified atom stereocenters. The zero-order valence-electron chi connectivity index (χ0n) is 20.5. The maximum Gasteiger partial charge on any atom is 0.244 e. The van der Waals surface area contributed by atoms with E-state index in [-0.39, 0.29) is 47.4 Å². The molecule has 1 amide bonds. The van der Waals surface area contributed by atoms with E-state index in [1.807, 2.05) is 19.1 Å². The molecule has 1 aliphatic heterocycles. The first-order valence-electron chi connectivity index (χ1n) is 11.8. The molecule has 0 atom stereocenters. The number of carbonyl (C=O) groups excluding carboxylic acids is 2. The molecule has 0 spiro atoms. The van der Waals surface area contributed by atoms with Gasteiger partial charge in [0.25, 0.3) is 0 Å².